The summed E-state index contributed by atoms with van der Waals surface area (Å²) in [4.78, 5) is 9.08. The number of benzene rings is 1. The maximum Gasteiger partial charge on any atom is 0.226 e. The zero-order valence-electron chi connectivity index (χ0n) is 14.9. The van der Waals surface area contributed by atoms with Crippen LogP contribution in [0.2, 0.25) is 0 Å². The first kappa shape index (κ1) is 18.0. The van der Waals surface area contributed by atoms with Crippen molar-refractivity contribution in [3.8, 4) is 11.5 Å². The van der Waals surface area contributed by atoms with Crippen LogP contribution in [0.3, 0.4) is 0 Å². The Labute approximate surface area is 144 Å². The first-order valence-corrected chi connectivity index (χ1v) is 8.71. The molecule has 1 heterocycles. The number of aromatic nitrogens is 1. The lowest BCUT2D eigenvalue weighted by molar-refractivity contribution is 0.549. The Morgan fingerprint density at radius 1 is 1.21 bits per heavy atom. The summed E-state index contributed by atoms with van der Waals surface area (Å²) >= 11 is 0. The van der Waals surface area contributed by atoms with Gasteiger partial charge in [-0.2, -0.15) is 0 Å². The van der Waals surface area contributed by atoms with E-state index >= 15 is 0 Å². The molecule has 2 aromatic rings. The minimum atomic E-state index is 0.496. The quantitative estimate of drug-likeness (QED) is 0.439. The van der Waals surface area contributed by atoms with Crippen LogP contribution in [0.15, 0.2) is 46.0 Å². The van der Waals surface area contributed by atoms with Crippen molar-refractivity contribution in [1.82, 2.24) is 15.6 Å². The predicted molar refractivity (Wildman–Crippen MR) is 98.8 cm³/mol. The maximum absolute atomic E-state index is 5.55. The fourth-order valence-electron chi connectivity index (χ4n) is 2.31. The molecule has 5 nitrogen and oxygen atoms in total. The van der Waals surface area contributed by atoms with Crippen molar-refractivity contribution in [2.75, 3.05) is 13.1 Å². The first-order chi connectivity index (χ1) is 11.7. The minimum absolute atomic E-state index is 0.496. The largest absolute Gasteiger partial charge is 0.444 e. The molecule has 0 radical (unpaired) electrons. The number of rotatable bonds is 8. The highest BCUT2D eigenvalue weighted by Gasteiger charge is 2.06. The topological polar surface area (TPSA) is 62.5 Å². The van der Waals surface area contributed by atoms with Crippen LogP contribution in [0.5, 0.6) is 0 Å². The molecule has 1 aromatic heterocycles. The molecule has 24 heavy (non-hydrogen) atoms. The van der Waals surface area contributed by atoms with E-state index in [4.69, 9.17) is 4.42 Å². The third-order valence-corrected chi connectivity index (χ3v) is 3.57. The molecule has 0 amide bonds. The van der Waals surface area contributed by atoms with Gasteiger partial charge < -0.3 is 15.1 Å². The summed E-state index contributed by atoms with van der Waals surface area (Å²) in [5.74, 6) is 2.19. The van der Waals surface area contributed by atoms with Crippen LogP contribution in [0.25, 0.3) is 11.5 Å². The Bertz CT molecular complexity index is 619. The SMILES string of the molecule is CCNC(=NCc1coc(-c2ccccc2)n1)NCCCC(C)C. The number of aliphatic imine (C=N–C) groups is 1. The highest BCUT2D eigenvalue weighted by molar-refractivity contribution is 5.79. The fraction of sp³-hybridized carbons (Fsp3) is 0.474. The molecule has 0 bridgehead atoms. The zero-order chi connectivity index (χ0) is 17.2. The number of oxazole rings is 1. The van der Waals surface area contributed by atoms with Gasteiger partial charge >= 0.3 is 0 Å². The van der Waals surface area contributed by atoms with Crippen LogP contribution in [-0.2, 0) is 6.54 Å². The van der Waals surface area contributed by atoms with Crippen LogP contribution in [0.1, 0.15) is 39.3 Å². The second-order valence-electron chi connectivity index (χ2n) is 6.17. The lowest BCUT2D eigenvalue weighted by Crippen LogP contribution is -2.37. The van der Waals surface area contributed by atoms with Crippen LogP contribution >= 0.6 is 0 Å². The number of hydrogen-bond donors (Lipinski definition) is 2. The zero-order valence-corrected chi connectivity index (χ0v) is 14.9. The minimum Gasteiger partial charge on any atom is -0.444 e. The molecule has 5 heteroatoms. The van der Waals surface area contributed by atoms with E-state index in [1.807, 2.05) is 30.3 Å². The number of guanidine groups is 1. The van der Waals surface area contributed by atoms with Crippen molar-refractivity contribution in [1.29, 1.82) is 0 Å². The van der Waals surface area contributed by atoms with E-state index in [9.17, 15) is 0 Å². The van der Waals surface area contributed by atoms with E-state index in [0.717, 1.165) is 42.6 Å². The van der Waals surface area contributed by atoms with E-state index < -0.39 is 0 Å². The van der Waals surface area contributed by atoms with Gasteiger partial charge in [0, 0.05) is 18.7 Å². The second-order valence-corrected chi connectivity index (χ2v) is 6.17. The van der Waals surface area contributed by atoms with Crippen LogP contribution in [0.4, 0.5) is 0 Å². The molecule has 0 aliphatic carbocycles. The van der Waals surface area contributed by atoms with E-state index in [-0.39, 0.29) is 0 Å². The van der Waals surface area contributed by atoms with Gasteiger partial charge in [0.15, 0.2) is 5.96 Å². The monoisotopic (exact) mass is 328 g/mol. The van der Waals surface area contributed by atoms with E-state index in [1.54, 1.807) is 6.26 Å². The van der Waals surface area contributed by atoms with Gasteiger partial charge in [-0.05, 0) is 37.8 Å². The molecular formula is C19H28N4O. The van der Waals surface area contributed by atoms with Gasteiger partial charge in [-0.25, -0.2) is 9.98 Å². The molecule has 0 saturated carbocycles. The van der Waals surface area contributed by atoms with Gasteiger partial charge in [0.2, 0.25) is 5.89 Å². The molecule has 0 atom stereocenters. The van der Waals surface area contributed by atoms with Gasteiger partial charge in [-0.15, -0.1) is 0 Å². The summed E-state index contributed by atoms with van der Waals surface area (Å²) in [5.41, 5.74) is 1.81. The second kappa shape index (κ2) is 9.75. The van der Waals surface area contributed by atoms with Gasteiger partial charge in [-0.1, -0.05) is 32.0 Å². The normalized spacial score (nSPS) is 11.8. The summed E-state index contributed by atoms with van der Waals surface area (Å²) in [7, 11) is 0. The molecule has 0 spiro atoms. The summed E-state index contributed by atoms with van der Waals surface area (Å²) in [6.45, 7) is 8.81. The van der Waals surface area contributed by atoms with Crippen molar-refractivity contribution in [2.45, 2.75) is 40.2 Å². The van der Waals surface area contributed by atoms with Crippen molar-refractivity contribution >= 4 is 5.96 Å². The first-order valence-electron chi connectivity index (χ1n) is 8.71. The third-order valence-electron chi connectivity index (χ3n) is 3.57. The fourth-order valence-corrected chi connectivity index (χ4v) is 2.31. The maximum atomic E-state index is 5.55. The standard InChI is InChI=1S/C19H28N4O/c1-4-20-19(21-12-8-9-15(2)3)22-13-17-14-24-18(23-17)16-10-6-5-7-11-16/h5-7,10-11,14-15H,4,8-9,12-13H2,1-3H3,(H2,20,21,22). The highest BCUT2D eigenvalue weighted by atomic mass is 16.3. The smallest absolute Gasteiger partial charge is 0.226 e. The molecular weight excluding hydrogens is 300 g/mol. The van der Waals surface area contributed by atoms with Crippen molar-refractivity contribution in [2.24, 2.45) is 10.9 Å². The van der Waals surface area contributed by atoms with Crippen LogP contribution in [-0.4, -0.2) is 24.0 Å². The summed E-state index contributed by atoms with van der Waals surface area (Å²) in [6.07, 6.45) is 4.04. The summed E-state index contributed by atoms with van der Waals surface area (Å²) in [5, 5.41) is 6.63. The Morgan fingerprint density at radius 2 is 2.00 bits per heavy atom. The Hall–Kier alpha value is -2.30. The molecule has 0 aliphatic rings. The van der Waals surface area contributed by atoms with Crippen molar-refractivity contribution in [3.63, 3.8) is 0 Å². The van der Waals surface area contributed by atoms with Crippen molar-refractivity contribution in [3.05, 3.63) is 42.3 Å². The molecule has 0 fully saturated rings. The van der Waals surface area contributed by atoms with Crippen molar-refractivity contribution < 1.29 is 4.42 Å². The average molecular weight is 328 g/mol. The third kappa shape index (κ3) is 6.07. The number of nitrogens with one attached hydrogen (secondary N) is 2. The van der Waals surface area contributed by atoms with E-state index in [1.165, 1.54) is 6.42 Å². The molecule has 1 aromatic carbocycles. The lowest BCUT2D eigenvalue weighted by atomic mass is 10.1. The highest BCUT2D eigenvalue weighted by Crippen LogP contribution is 2.18. The number of nitrogens with zero attached hydrogens (tertiary/aromatic N) is 2. The van der Waals surface area contributed by atoms with Gasteiger partial charge in [0.25, 0.3) is 0 Å². The van der Waals surface area contributed by atoms with E-state index in [2.05, 4.69) is 41.4 Å². The Kier molecular flexibility index (Phi) is 7.33. The molecule has 0 unspecified atom stereocenters. The van der Waals surface area contributed by atoms with Crippen LogP contribution in [0, 0.1) is 5.92 Å². The Morgan fingerprint density at radius 3 is 2.71 bits per heavy atom. The molecule has 2 N–H and O–H groups in total. The molecule has 0 saturated heterocycles. The van der Waals surface area contributed by atoms with Crippen LogP contribution < -0.4 is 10.6 Å². The lowest BCUT2D eigenvalue weighted by Gasteiger charge is -2.11. The van der Waals surface area contributed by atoms with E-state index in [0.29, 0.717) is 12.4 Å². The molecule has 2 rings (SSSR count). The molecule has 0 aliphatic heterocycles. The van der Waals surface area contributed by atoms with Gasteiger partial charge in [0.05, 0.1) is 6.54 Å². The van der Waals surface area contributed by atoms with Gasteiger partial charge in [-0.3, -0.25) is 0 Å². The summed E-state index contributed by atoms with van der Waals surface area (Å²) < 4.78 is 5.55. The van der Waals surface area contributed by atoms with Gasteiger partial charge in [0.1, 0.15) is 12.0 Å². The molecule has 130 valence electrons. The summed E-state index contributed by atoms with van der Waals surface area (Å²) in [6, 6.07) is 9.90. The predicted octanol–water partition coefficient (Wildman–Crippen LogP) is 3.83. The number of hydrogen-bond acceptors (Lipinski definition) is 3. The Balaban J connectivity index is 1.90. The average Bonchev–Trinajstić information content (AvgIpc) is 3.06.